The number of aromatic nitrogens is 4. The van der Waals surface area contributed by atoms with Gasteiger partial charge in [-0.2, -0.15) is 0 Å². The second-order valence-electron chi connectivity index (χ2n) is 4.38. The van der Waals surface area contributed by atoms with Gasteiger partial charge in [-0.15, -0.1) is 22.7 Å². The molecule has 0 unspecified atom stereocenters. The van der Waals surface area contributed by atoms with Gasteiger partial charge in [-0.25, -0.2) is 15.0 Å². The Labute approximate surface area is 131 Å². The Morgan fingerprint density at radius 3 is 2.95 bits per heavy atom. The van der Waals surface area contributed by atoms with Crippen molar-refractivity contribution >= 4 is 54.7 Å². The Morgan fingerprint density at radius 2 is 2.05 bits per heavy atom. The molecule has 5 nitrogen and oxygen atoms in total. The second kappa shape index (κ2) is 4.87. The topological polar surface area (TPSA) is 60.7 Å². The van der Waals surface area contributed by atoms with Crippen molar-refractivity contribution in [3.8, 4) is 0 Å². The fourth-order valence-corrected chi connectivity index (χ4v) is 3.96. The third-order valence-electron chi connectivity index (χ3n) is 3.07. The van der Waals surface area contributed by atoms with Crippen molar-refractivity contribution in [2.45, 2.75) is 6.54 Å². The minimum Gasteiger partial charge on any atom is -0.290 e. The van der Waals surface area contributed by atoms with Gasteiger partial charge in [0.1, 0.15) is 14.7 Å². The van der Waals surface area contributed by atoms with Gasteiger partial charge in [-0.05, 0) is 22.9 Å². The predicted molar refractivity (Wildman–Crippen MR) is 85.4 cm³/mol. The summed E-state index contributed by atoms with van der Waals surface area (Å²) in [5.41, 5.74) is 0.634. The van der Waals surface area contributed by atoms with Crippen molar-refractivity contribution in [1.29, 1.82) is 0 Å². The van der Waals surface area contributed by atoms with Crippen molar-refractivity contribution in [2.75, 3.05) is 0 Å². The highest BCUT2D eigenvalue weighted by Gasteiger charge is 2.10. The fraction of sp³-hybridized carbons (Fsp3) is 0.0769. The highest BCUT2D eigenvalue weighted by molar-refractivity contribution is 7.17. The van der Waals surface area contributed by atoms with E-state index in [2.05, 4.69) is 15.0 Å². The van der Waals surface area contributed by atoms with Gasteiger partial charge in [0.2, 0.25) is 0 Å². The van der Waals surface area contributed by atoms with E-state index in [-0.39, 0.29) is 12.1 Å². The maximum Gasteiger partial charge on any atom is 0.271 e. The van der Waals surface area contributed by atoms with E-state index in [1.807, 2.05) is 22.9 Å². The van der Waals surface area contributed by atoms with E-state index in [0.717, 1.165) is 10.2 Å². The zero-order valence-corrected chi connectivity index (χ0v) is 12.9. The molecule has 0 bridgehead atoms. The van der Waals surface area contributed by atoms with Crippen molar-refractivity contribution in [3.63, 3.8) is 0 Å². The molecule has 4 aromatic heterocycles. The molecular weight excluding hydrogens is 328 g/mol. The van der Waals surface area contributed by atoms with E-state index in [4.69, 9.17) is 11.6 Å². The molecule has 0 amide bonds. The van der Waals surface area contributed by atoms with Crippen molar-refractivity contribution in [2.24, 2.45) is 0 Å². The van der Waals surface area contributed by atoms with E-state index in [1.54, 1.807) is 0 Å². The SMILES string of the molecule is O=c1c2sccc2ncn1Cc1nc(Cl)c2ccsc2n1. The van der Waals surface area contributed by atoms with Crippen molar-refractivity contribution in [3.05, 3.63) is 50.6 Å². The van der Waals surface area contributed by atoms with Crippen LogP contribution in [0.1, 0.15) is 5.82 Å². The quantitative estimate of drug-likeness (QED) is 0.528. The minimum atomic E-state index is -0.0824. The molecule has 0 atom stereocenters. The summed E-state index contributed by atoms with van der Waals surface area (Å²) >= 11 is 9.02. The Hall–Kier alpha value is -1.83. The smallest absolute Gasteiger partial charge is 0.271 e. The minimum absolute atomic E-state index is 0.0824. The number of hydrogen-bond donors (Lipinski definition) is 0. The summed E-state index contributed by atoms with van der Waals surface area (Å²) in [6.45, 7) is 0.257. The monoisotopic (exact) mass is 334 g/mol. The molecular formula is C13H7ClN4OS2. The molecule has 0 aliphatic carbocycles. The molecule has 0 aliphatic rings. The van der Waals surface area contributed by atoms with Gasteiger partial charge in [0.05, 0.1) is 18.4 Å². The lowest BCUT2D eigenvalue weighted by molar-refractivity contribution is 0.712. The molecule has 0 saturated heterocycles. The van der Waals surface area contributed by atoms with E-state index < -0.39 is 0 Å². The molecule has 0 aliphatic heterocycles. The van der Waals surface area contributed by atoms with Crippen LogP contribution in [0.4, 0.5) is 0 Å². The third kappa shape index (κ3) is 2.14. The first-order valence-electron chi connectivity index (χ1n) is 6.04. The number of nitrogens with zero attached hydrogens (tertiary/aromatic N) is 4. The summed E-state index contributed by atoms with van der Waals surface area (Å²) in [7, 11) is 0. The number of hydrogen-bond acceptors (Lipinski definition) is 6. The first-order chi connectivity index (χ1) is 10.2. The third-order valence-corrected chi connectivity index (χ3v) is 5.06. The molecule has 21 heavy (non-hydrogen) atoms. The molecule has 4 rings (SSSR count). The van der Waals surface area contributed by atoms with E-state index >= 15 is 0 Å². The zero-order chi connectivity index (χ0) is 14.4. The molecule has 8 heteroatoms. The zero-order valence-electron chi connectivity index (χ0n) is 10.5. The number of halogens is 1. The van der Waals surface area contributed by atoms with Crippen LogP contribution in [-0.2, 0) is 6.54 Å². The fourth-order valence-electron chi connectivity index (χ4n) is 2.08. The van der Waals surface area contributed by atoms with Gasteiger partial charge in [-0.3, -0.25) is 9.36 Å². The summed E-state index contributed by atoms with van der Waals surface area (Å²) in [6.07, 6.45) is 1.52. The van der Waals surface area contributed by atoms with Gasteiger partial charge in [0, 0.05) is 5.39 Å². The Bertz CT molecular complexity index is 1020. The number of rotatable bonds is 2. The number of fused-ring (bicyclic) bond motifs is 2. The molecule has 0 spiro atoms. The average molecular weight is 335 g/mol. The van der Waals surface area contributed by atoms with Crippen molar-refractivity contribution in [1.82, 2.24) is 19.5 Å². The second-order valence-corrected chi connectivity index (χ2v) is 6.55. The predicted octanol–water partition coefficient (Wildman–Crippen LogP) is 3.16. The molecule has 4 aromatic rings. The largest absolute Gasteiger partial charge is 0.290 e. The average Bonchev–Trinajstić information content (AvgIpc) is 3.10. The van der Waals surface area contributed by atoms with Crippen LogP contribution in [0.25, 0.3) is 20.4 Å². The van der Waals surface area contributed by atoms with E-state index in [0.29, 0.717) is 21.2 Å². The van der Waals surface area contributed by atoms with Gasteiger partial charge < -0.3 is 0 Å². The molecule has 0 saturated carbocycles. The Morgan fingerprint density at radius 1 is 1.19 bits per heavy atom. The lowest BCUT2D eigenvalue weighted by atomic mass is 10.4. The number of thiophene rings is 2. The van der Waals surface area contributed by atoms with Crippen LogP contribution >= 0.6 is 34.3 Å². The van der Waals surface area contributed by atoms with Crippen LogP contribution in [0, 0.1) is 0 Å². The van der Waals surface area contributed by atoms with Crippen LogP contribution in [0.15, 0.2) is 34.0 Å². The summed E-state index contributed by atoms with van der Waals surface area (Å²) in [5, 5.41) is 5.02. The van der Waals surface area contributed by atoms with Gasteiger partial charge in [-0.1, -0.05) is 11.6 Å². The van der Waals surface area contributed by atoms with Crippen LogP contribution < -0.4 is 5.56 Å². The first kappa shape index (κ1) is 12.9. The Kier molecular flexibility index (Phi) is 2.99. The van der Waals surface area contributed by atoms with Crippen LogP contribution in [-0.4, -0.2) is 19.5 Å². The maximum atomic E-state index is 12.3. The van der Waals surface area contributed by atoms with Crippen LogP contribution in [0.2, 0.25) is 5.15 Å². The van der Waals surface area contributed by atoms with Crippen LogP contribution in [0.5, 0.6) is 0 Å². The van der Waals surface area contributed by atoms with E-state index in [1.165, 1.54) is 33.6 Å². The van der Waals surface area contributed by atoms with E-state index in [9.17, 15) is 4.79 Å². The maximum absolute atomic E-state index is 12.3. The molecule has 0 aromatic carbocycles. The standard InChI is InChI=1S/C13H7ClN4OS2/c14-11-7-1-3-21-12(7)17-9(16-11)5-18-6-15-8-2-4-20-10(8)13(18)19/h1-4,6H,5H2. The lowest BCUT2D eigenvalue weighted by Crippen LogP contribution is -2.21. The lowest BCUT2D eigenvalue weighted by Gasteiger charge is -2.05. The summed E-state index contributed by atoms with van der Waals surface area (Å²) in [5.74, 6) is 0.509. The van der Waals surface area contributed by atoms with Gasteiger partial charge in [0.25, 0.3) is 5.56 Å². The molecule has 4 heterocycles. The summed E-state index contributed by atoms with van der Waals surface area (Å²) in [4.78, 5) is 26.1. The molecule has 0 fully saturated rings. The molecule has 0 radical (unpaired) electrons. The summed E-state index contributed by atoms with van der Waals surface area (Å²) < 4.78 is 2.14. The highest BCUT2D eigenvalue weighted by atomic mass is 35.5. The van der Waals surface area contributed by atoms with Crippen molar-refractivity contribution < 1.29 is 0 Å². The van der Waals surface area contributed by atoms with Gasteiger partial charge in [0.15, 0.2) is 5.82 Å². The normalized spacial score (nSPS) is 11.5. The first-order valence-corrected chi connectivity index (χ1v) is 8.18. The van der Waals surface area contributed by atoms with Gasteiger partial charge >= 0.3 is 0 Å². The molecule has 0 N–H and O–H groups in total. The Balaban J connectivity index is 1.82. The highest BCUT2D eigenvalue weighted by Crippen LogP contribution is 2.24. The summed E-state index contributed by atoms with van der Waals surface area (Å²) in [6, 6.07) is 3.72. The van der Waals surface area contributed by atoms with Crippen LogP contribution in [0.3, 0.4) is 0 Å². The molecule has 104 valence electrons.